The minimum Gasteiger partial charge on any atom is -0.356 e. The number of aromatic nitrogens is 1. The molecule has 0 N–H and O–H groups in total. The first-order valence-corrected chi connectivity index (χ1v) is 5.77. The van der Waals surface area contributed by atoms with E-state index in [2.05, 4.69) is 5.16 Å². The van der Waals surface area contributed by atoms with Crippen molar-refractivity contribution in [2.45, 2.75) is 27.7 Å². The van der Waals surface area contributed by atoms with E-state index in [4.69, 9.17) is 4.52 Å². The van der Waals surface area contributed by atoms with E-state index in [-0.39, 0.29) is 5.69 Å². The second-order valence-electron chi connectivity index (χ2n) is 3.53. The number of rotatable bonds is 2. The molecule has 5 heteroatoms. The van der Waals surface area contributed by atoms with E-state index in [1.54, 1.807) is 12.1 Å². The molecule has 1 aromatic carbocycles. The van der Waals surface area contributed by atoms with Gasteiger partial charge < -0.3 is 4.52 Å². The average molecular weight is 248 g/mol. The lowest BCUT2D eigenvalue weighted by Crippen LogP contribution is -1.87. The van der Waals surface area contributed by atoms with Crippen LogP contribution in [0, 0.1) is 24.0 Å². The van der Waals surface area contributed by atoms with E-state index in [1.165, 1.54) is 12.1 Å². The molecule has 0 fully saturated rings. The van der Waals surface area contributed by atoms with E-state index >= 15 is 0 Å². The van der Waals surface area contributed by atoms with Crippen LogP contribution in [-0.2, 0) is 0 Å². The Labute approximate surface area is 106 Å². The van der Waals surface area contributed by atoms with E-state index in [0.717, 1.165) is 16.8 Å². The van der Waals surface area contributed by atoms with Gasteiger partial charge in [-0.15, -0.1) is 0 Å². The molecule has 0 aliphatic heterocycles. The van der Waals surface area contributed by atoms with Crippen molar-refractivity contribution in [2.24, 2.45) is 0 Å². The summed E-state index contributed by atoms with van der Waals surface area (Å²) in [6, 6.07) is 6.22. The van der Waals surface area contributed by atoms with Crippen LogP contribution in [-0.4, -0.2) is 10.1 Å². The molecule has 0 saturated heterocycles. The summed E-state index contributed by atoms with van der Waals surface area (Å²) in [5.74, 6) is 0.660. The standard InChI is InChI=1S/C11H10N2O3.C2H6/c1-7-8(2)12-16-11(7)9-3-5-10(6-4-9)13(14)15;1-2/h3-6H,1-2H3;1-2H3. The summed E-state index contributed by atoms with van der Waals surface area (Å²) in [7, 11) is 0. The van der Waals surface area contributed by atoms with Crippen molar-refractivity contribution in [1.29, 1.82) is 0 Å². The van der Waals surface area contributed by atoms with Gasteiger partial charge >= 0.3 is 0 Å². The second kappa shape index (κ2) is 5.95. The fraction of sp³-hybridized carbons (Fsp3) is 0.308. The highest BCUT2D eigenvalue weighted by Crippen LogP contribution is 2.26. The quantitative estimate of drug-likeness (QED) is 0.597. The number of aryl methyl sites for hydroxylation is 1. The molecule has 0 aliphatic carbocycles. The number of benzene rings is 1. The number of hydrogen-bond acceptors (Lipinski definition) is 4. The Hall–Kier alpha value is -2.17. The van der Waals surface area contributed by atoms with Gasteiger partial charge in [-0.2, -0.15) is 0 Å². The van der Waals surface area contributed by atoms with Crippen molar-refractivity contribution in [2.75, 3.05) is 0 Å². The summed E-state index contributed by atoms with van der Waals surface area (Å²) < 4.78 is 5.16. The normalized spacial score (nSPS) is 9.56. The number of nitrogens with zero attached hydrogens (tertiary/aromatic N) is 2. The molecule has 1 aromatic heterocycles. The minimum absolute atomic E-state index is 0.0673. The van der Waals surface area contributed by atoms with Crippen LogP contribution in [0.15, 0.2) is 28.8 Å². The lowest BCUT2D eigenvalue weighted by atomic mass is 10.1. The molecule has 2 rings (SSSR count). The molecule has 0 aliphatic rings. The van der Waals surface area contributed by atoms with Gasteiger partial charge in [0.15, 0.2) is 5.76 Å². The topological polar surface area (TPSA) is 69.2 Å². The van der Waals surface area contributed by atoms with Gasteiger partial charge in [0.1, 0.15) is 0 Å². The lowest BCUT2D eigenvalue weighted by Gasteiger charge is -1.97. The van der Waals surface area contributed by atoms with E-state index in [9.17, 15) is 10.1 Å². The van der Waals surface area contributed by atoms with Crippen LogP contribution in [0.3, 0.4) is 0 Å². The number of nitro benzene ring substituents is 1. The van der Waals surface area contributed by atoms with Gasteiger partial charge in [0.2, 0.25) is 0 Å². The van der Waals surface area contributed by atoms with Gasteiger partial charge in [-0.1, -0.05) is 19.0 Å². The van der Waals surface area contributed by atoms with Crippen molar-refractivity contribution in [3.8, 4) is 11.3 Å². The molecule has 0 radical (unpaired) electrons. The Balaban J connectivity index is 0.000000771. The third-order valence-electron chi connectivity index (χ3n) is 2.50. The lowest BCUT2D eigenvalue weighted by molar-refractivity contribution is -0.384. The fourth-order valence-electron chi connectivity index (χ4n) is 1.42. The first kappa shape index (κ1) is 13.9. The first-order chi connectivity index (χ1) is 8.59. The summed E-state index contributed by atoms with van der Waals surface area (Å²) in [5, 5.41) is 14.3. The molecule has 96 valence electrons. The maximum absolute atomic E-state index is 10.5. The number of hydrogen-bond donors (Lipinski definition) is 0. The molecule has 5 nitrogen and oxygen atoms in total. The van der Waals surface area contributed by atoms with Gasteiger partial charge in [-0.05, 0) is 26.0 Å². The van der Waals surface area contributed by atoms with Crippen molar-refractivity contribution < 1.29 is 9.45 Å². The molecule has 0 saturated carbocycles. The molecular formula is C13H16N2O3. The third kappa shape index (κ3) is 2.74. The summed E-state index contributed by atoms with van der Waals surface area (Å²) in [5.41, 5.74) is 2.64. The van der Waals surface area contributed by atoms with E-state index in [1.807, 2.05) is 27.7 Å². The van der Waals surface area contributed by atoms with Crippen molar-refractivity contribution in [1.82, 2.24) is 5.16 Å². The monoisotopic (exact) mass is 248 g/mol. The van der Waals surface area contributed by atoms with Crippen LogP contribution in [0.2, 0.25) is 0 Å². The molecule has 0 atom stereocenters. The van der Waals surface area contributed by atoms with Crippen molar-refractivity contribution >= 4 is 5.69 Å². The van der Waals surface area contributed by atoms with Crippen LogP contribution in [0.4, 0.5) is 5.69 Å². The van der Waals surface area contributed by atoms with Gasteiger partial charge in [0.25, 0.3) is 5.69 Å². The Bertz CT molecular complexity index is 530. The molecule has 0 bridgehead atoms. The number of nitro groups is 1. The summed E-state index contributed by atoms with van der Waals surface area (Å²) in [6.45, 7) is 7.76. The Morgan fingerprint density at radius 1 is 1.17 bits per heavy atom. The zero-order valence-electron chi connectivity index (χ0n) is 10.9. The molecule has 1 heterocycles. The van der Waals surface area contributed by atoms with Gasteiger partial charge in [0.05, 0.1) is 10.6 Å². The maximum Gasteiger partial charge on any atom is 0.269 e. The maximum atomic E-state index is 10.5. The van der Waals surface area contributed by atoms with Crippen LogP contribution in [0.5, 0.6) is 0 Å². The molecule has 0 unspecified atom stereocenters. The molecule has 0 spiro atoms. The summed E-state index contributed by atoms with van der Waals surface area (Å²) in [4.78, 5) is 10.1. The highest BCUT2D eigenvalue weighted by molar-refractivity contribution is 5.62. The number of non-ortho nitro benzene ring substituents is 1. The first-order valence-electron chi connectivity index (χ1n) is 5.77. The minimum atomic E-state index is -0.428. The smallest absolute Gasteiger partial charge is 0.269 e. The largest absolute Gasteiger partial charge is 0.356 e. The van der Waals surface area contributed by atoms with Gasteiger partial charge in [0, 0.05) is 23.3 Å². The molecule has 2 aromatic rings. The van der Waals surface area contributed by atoms with Crippen LogP contribution < -0.4 is 0 Å². The predicted molar refractivity (Wildman–Crippen MR) is 69.4 cm³/mol. The van der Waals surface area contributed by atoms with E-state index < -0.39 is 4.92 Å². The zero-order valence-corrected chi connectivity index (χ0v) is 10.9. The molecule has 0 amide bonds. The van der Waals surface area contributed by atoms with Gasteiger partial charge in [-0.25, -0.2) is 0 Å². The fourth-order valence-corrected chi connectivity index (χ4v) is 1.42. The van der Waals surface area contributed by atoms with Gasteiger partial charge in [-0.3, -0.25) is 10.1 Å². The summed E-state index contributed by atoms with van der Waals surface area (Å²) in [6.07, 6.45) is 0. The predicted octanol–water partition coefficient (Wildman–Crippen LogP) is 3.89. The van der Waals surface area contributed by atoms with Crippen molar-refractivity contribution in [3.05, 3.63) is 45.6 Å². The van der Waals surface area contributed by atoms with Crippen LogP contribution in [0.1, 0.15) is 25.1 Å². The van der Waals surface area contributed by atoms with Crippen LogP contribution >= 0.6 is 0 Å². The Morgan fingerprint density at radius 2 is 1.72 bits per heavy atom. The van der Waals surface area contributed by atoms with Crippen molar-refractivity contribution in [3.63, 3.8) is 0 Å². The Kier molecular flexibility index (Phi) is 4.59. The van der Waals surface area contributed by atoms with E-state index in [0.29, 0.717) is 5.76 Å². The molecule has 18 heavy (non-hydrogen) atoms. The second-order valence-corrected chi connectivity index (χ2v) is 3.53. The highest BCUT2D eigenvalue weighted by atomic mass is 16.6. The average Bonchev–Trinajstić information content (AvgIpc) is 2.73. The summed E-state index contributed by atoms with van der Waals surface area (Å²) >= 11 is 0. The Morgan fingerprint density at radius 3 is 2.11 bits per heavy atom. The third-order valence-corrected chi connectivity index (χ3v) is 2.50. The van der Waals surface area contributed by atoms with Crippen LogP contribution in [0.25, 0.3) is 11.3 Å². The zero-order chi connectivity index (χ0) is 13.7. The highest BCUT2D eigenvalue weighted by Gasteiger charge is 2.12. The SMILES string of the molecule is CC.Cc1noc(-c2ccc([N+](=O)[O-])cc2)c1C. The molecular weight excluding hydrogens is 232 g/mol.